The number of amides is 2. The number of imide groups is 1. The average molecular weight is 539 g/mol. The topological polar surface area (TPSA) is 142 Å². The van der Waals surface area contributed by atoms with Crippen LogP contribution < -0.4 is 4.90 Å². The molecule has 2 aromatic heterocycles. The number of rotatable bonds is 3. The molecule has 0 saturated heterocycles. The van der Waals surface area contributed by atoms with E-state index >= 15 is 0 Å². The van der Waals surface area contributed by atoms with Gasteiger partial charge in [0, 0.05) is 17.1 Å². The zero-order chi connectivity index (χ0) is 29.3. The highest BCUT2D eigenvalue weighted by Crippen LogP contribution is 2.33. The van der Waals surface area contributed by atoms with Crippen LogP contribution in [0.15, 0.2) is 30.6 Å². The van der Waals surface area contributed by atoms with Gasteiger partial charge in [0.25, 0.3) is 0 Å². The van der Waals surface area contributed by atoms with Crippen LogP contribution in [0.4, 0.5) is 20.2 Å². The summed E-state index contributed by atoms with van der Waals surface area (Å²) in [6, 6.07) is 7.04. The Morgan fingerprint density at radius 1 is 0.897 bits per heavy atom. The van der Waals surface area contributed by atoms with Gasteiger partial charge in [-0.15, -0.1) is 5.10 Å². The van der Waals surface area contributed by atoms with Gasteiger partial charge in [0.15, 0.2) is 5.82 Å². The molecular weight excluding hydrogens is 504 g/mol. The summed E-state index contributed by atoms with van der Waals surface area (Å²) >= 11 is 0. The molecule has 12 heteroatoms. The molecule has 0 saturated carbocycles. The molecule has 0 aliphatic carbocycles. The van der Waals surface area contributed by atoms with Gasteiger partial charge in [0.2, 0.25) is 0 Å². The predicted molar refractivity (Wildman–Crippen MR) is 143 cm³/mol. The van der Waals surface area contributed by atoms with Gasteiger partial charge in [0.05, 0.1) is 17.8 Å². The minimum atomic E-state index is -1.03. The molecule has 0 unspecified atom stereocenters. The zero-order valence-electron chi connectivity index (χ0n) is 23.7. The number of nitriles is 1. The second-order valence-electron chi connectivity index (χ2n) is 11.8. The van der Waals surface area contributed by atoms with E-state index in [2.05, 4.69) is 10.2 Å². The predicted octanol–water partition coefficient (Wildman–Crippen LogP) is 5.88. The van der Waals surface area contributed by atoms with Crippen LogP contribution in [0.2, 0.25) is 0 Å². The summed E-state index contributed by atoms with van der Waals surface area (Å²) in [7, 11) is 0. The number of hydrogen-bond acceptors (Lipinski definition) is 9. The Kier molecular flexibility index (Phi) is 7.78. The van der Waals surface area contributed by atoms with Crippen molar-refractivity contribution in [1.82, 2.24) is 19.6 Å². The monoisotopic (exact) mass is 538 g/mol. The maximum Gasteiger partial charge on any atom is 0.435 e. The maximum absolute atomic E-state index is 13.4. The van der Waals surface area contributed by atoms with Crippen LogP contribution in [0.25, 0.3) is 22.0 Å². The Balaban J connectivity index is 2.27. The van der Waals surface area contributed by atoms with E-state index in [1.165, 1.54) is 4.68 Å². The van der Waals surface area contributed by atoms with Gasteiger partial charge < -0.3 is 14.2 Å². The molecule has 0 spiro atoms. The molecule has 0 radical (unpaired) electrons. The molecule has 12 nitrogen and oxygen atoms in total. The second kappa shape index (κ2) is 10.4. The number of fused-ring (bicyclic) bond motifs is 1. The lowest BCUT2D eigenvalue weighted by Gasteiger charge is -2.27. The van der Waals surface area contributed by atoms with E-state index in [-0.39, 0.29) is 23.3 Å². The van der Waals surface area contributed by atoms with Gasteiger partial charge in [-0.25, -0.2) is 14.4 Å². The number of anilines is 1. The van der Waals surface area contributed by atoms with Crippen molar-refractivity contribution < 1.29 is 28.6 Å². The summed E-state index contributed by atoms with van der Waals surface area (Å²) in [5.41, 5.74) is -1.12. The Bertz CT molecular complexity index is 1410. The minimum Gasteiger partial charge on any atom is -0.443 e. The first-order valence-electron chi connectivity index (χ1n) is 12.3. The van der Waals surface area contributed by atoms with Crippen molar-refractivity contribution >= 4 is 35.0 Å². The van der Waals surface area contributed by atoms with Gasteiger partial charge in [0.1, 0.15) is 23.3 Å². The third-order valence-corrected chi connectivity index (χ3v) is 4.79. The summed E-state index contributed by atoms with van der Waals surface area (Å²) in [5, 5.41) is 17.8. The van der Waals surface area contributed by atoms with Crippen molar-refractivity contribution in [2.45, 2.75) is 85.7 Å². The van der Waals surface area contributed by atoms with Crippen LogP contribution in [0, 0.1) is 11.3 Å². The normalized spacial score (nSPS) is 12.1. The molecule has 2 heterocycles. The lowest BCUT2D eigenvalue weighted by atomic mass is 10.1. The van der Waals surface area contributed by atoms with E-state index in [0.29, 0.717) is 16.0 Å². The maximum atomic E-state index is 13.4. The molecule has 39 heavy (non-hydrogen) atoms. The Labute approximate surface area is 227 Å². The van der Waals surface area contributed by atoms with Crippen molar-refractivity contribution in [1.29, 1.82) is 5.26 Å². The van der Waals surface area contributed by atoms with Gasteiger partial charge in [-0.3, -0.25) is 4.68 Å². The van der Waals surface area contributed by atoms with E-state index in [1.54, 1.807) is 92.9 Å². The van der Waals surface area contributed by atoms with Gasteiger partial charge in [-0.2, -0.15) is 19.9 Å². The molecule has 3 aromatic rings. The van der Waals surface area contributed by atoms with Gasteiger partial charge in [-0.1, -0.05) is 6.07 Å². The first-order valence-corrected chi connectivity index (χ1v) is 12.3. The fraction of sp³-hybridized carbons (Fsp3) is 0.481. The molecule has 0 fully saturated rings. The van der Waals surface area contributed by atoms with Crippen LogP contribution in [0.3, 0.4) is 0 Å². The summed E-state index contributed by atoms with van der Waals surface area (Å²) in [6.07, 6.45) is 0.402. The molecule has 2 amide bonds. The fourth-order valence-corrected chi connectivity index (χ4v) is 3.43. The highest BCUT2D eigenvalue weighted by Gasteiger charge is 2.37. The van der Waals surface area contributed by atoms with Gasteiger partial charge >= 0.3 is 18.3 Å². The van der Waals surface area contributed by atoms with Crippen LogP contribution in [-0.4, -0.2) is 54.6 Å². The van der Waals surface area contributed by atoms with E-state index in [9.17, 15) is 14.4 Å². The minimum absolute atomic E-state index is 0.0646. The lowest BCUT2D eigenvalue weighted by Crippen LogP contribution is -2.44. The molecule has 0 atom stereocenters. The average Bonchev–Trinajstić information content (AvgIpc) is 3.35. The standard InChI is InChI=1S/C27H34N6O6/c1-25(2,3)37-22(34)32(23(35)38-26(4,5)6)21-19-14-17(18-15-29-31(16-18)13-12-28)10-11-20(19)33(30-21)24(36)39-27(7,8)9/h10-11,14-16H,13H2,1-9H3. The number of hydrogen-bond donors (Lipinski definition) is 0. The lowest BCUT2D eigenvalue weighted by molar-refractivity contribution is 0.0421. The highest BCUT2D eigenvalue weighted by atomic mass is 16.6. The number of aromatic nitrogens is 4. The van der Waals surface area contributed by atoms with E-state index in [0.717, 1.165) is 4.68 Å². The number of ether oxygens (including phenoxy) is 3. The zero-order valence-corrected chi connectivity index (χ0v) is 23.7. The summed E-state index contributed by atoms with van der Waals surface area (Å²) in [6.45, 7) is 15.2. The smallest absolute Gasteiger partial charge is 0.435 e. The third kappa shape index (κ3) is 7.34. The number of nitrogens with zero attached hydrogens (tertiary/aromatic N) is 6. The SMILES string of the molecule is CC(C)(C)OC(=O)N(C(=O)OC(C)(C)C)c1nn(C(=O)OC(C)(C)C)c2ccc(-c3cnn(CC#N)c3)cc12. The molecule has 0 N–H and O–H groups in total. The largest absolute Gasteiger partial charge is 0.443 e. The van der Waals surface area contributed by atoms with Crippen molar-refractivity contribution in [3.8, 4) is 17.2 Å². The van der Waals surface area contributed by atoms with Crippen molar-refractivity contribution in [3.05, 3.63) is 30.6 Å². The summed E-state index contributed by atoms with van der Waals surface area (Å²) in [5.74, 6) is -0.175. The molecular formula is C27H34N6O6. The summed E-state index contributed by atoms with van der Waals surface area (Å²) < 4.78 is 19.0. The first kappa shape index (κ1) is 29.2. The van der Waals surface area contributed by atoms with Crippen LogP contribution in [-0.2, 0) is 20.8 Å². The van der Waals surface area contributed by atoms with E-state index in [4.69, 9.17) is 19.5 Å². The molecule has 0 aliphatic heterocycles. The molecule has 0 aliphatic rings. The second-order valence-corrected chi connectivity index (χ2v) is 11.8. The molecule has 208 valence electrons. The van der Waals surface area contributed by atoms with Gasteiger partial charge in [-0.05, 0) is 80.0 Å². The quantitative estimate of drug-likeness (QED) is 0.373. The van der Waals surface area contributed by atoms with E-state index < -0.39 is 35.1 Å². The van der Waals surface area contributed by atoms with Crippen LogP contribution in [0.1, 0.15) is 62.3 Å². The Morgan fingerprint density at radius 2 is 1.46 bits per heavy atom. The fourth-order valence-electron chi connectivity index (χ4n) is 3.43. The molecule has 0 bridgehead atoms. The van der Waals surface area contributed by atoms with Crippen molar-refractivity contribution in [2.75, 3.05) is 4.90 Å². The van der Waals surface area contributed by atoms with Crippen LogP contribution in [0.5, 0.6) is 0 Å². The van der Waals surface area contributed by atoms with Crippen molar-refractivity contribution in [3.63, 3.8) is 0 Å². The number of carbonyl (C=O) groups is 3. The Hall–Kier alpha value is -4.40. The molecule has 3 rings (SSSR count). The third-order valence-electron chi connectivity index (χ3n) is 4.79. The Morgan fingerprint density at radius 3 is 1.97 bits per heavy atom. The number of benzene rings is 1. The highest BCUT2D eigenvalue weighted by molar-refractivity contribution is 6.14. The van der Waals surface area contributed by atoms with E-state index in [1.807, 2.05) is 6.07 Å². The summed E-state index contributed by atoms with van der Waals surface area (Å²) in [4.78, 5) is 40.5. The van der Waals surface area contributed by atoms with Crippen LogP contribution >= 0.6 is 0 Å². The van der Waals surface area contributed by atoms with Crippen molar-refractivity contribution in [2.24, 2.45) is 0 Å². The number of carbonyl (C=O) groups excluding carboxylic acids is 3. The molecule has 1 aromatic carbocycles. The first-order chi connectivity index (χ1) is 17.9.